The first kappa shape index (κ1) is 20.4. The van der Waals surface area contributed by atoms with E-state index in [1.165, 1.54) is 0 Å². The van der Waals surface area contributed by atoms with Crippen molar-refractivity contribution in [2.45, 2.75) is 19.1 Å². The van der Waals surface area contributed by atoms with Gasteiger partial charge in [-0.1, -0.05) is 6.08 Å². The molecule has 8 nitrogen and oxygen atoms in total. The summed E-state index contributed by atoms with van der Waals surface area (Å²) in [6.45, 7) is 6.69. The average molecular weight is 392 g/mol. The zero-order valence-corrected chi connectivity index (χ0v) is 16.3. The monoisotopic (exact) mass is 392 g/mol. The quantitative estimate of drug-likeness (QED) is 0.499. The Labute approximate surface area is 165 Å². The van der Waals surface area contributed by atoms with Gasteiger partial charge in [-0.2, -0.15) is 0 Å². The minimum atomic E-state index is -0.683. The van der Waals surface area contributed by atoms with Gasteiger partial charge in [0.05, 0.1) is 25.9 Å². The summed E-state index contributed by atoms with van der Waals surface area (Å²) in [7, 11) is 1.62. The third-order valence-corrected chi connectivity index (χ3v) is 4.77. The van der Waals surface area contributed by atoms with E-state index in [0.717, 1.165) is 11.3 Å². The fourth-order valence-electron chi connectivity index (χ4n) is 3.39. The number of aliphatic hydroxyl groups excluding tert-OH is 1. The minimum Gasteiger partial charge on any atom is -0.454 e. The van der Waals surface area contributed by atoms with Gasteiger partial charge in [-0.3, -0.25) is 4.79 Å². The van der Waals surface area contributed by atoms with Crippen molar-refractivity contribution >= 4 is 11.6 Å². The SMILES string of the molecule is C=CCOCC(O)CN1CCC(=O)N(CCOC)Cc2cc3c(cc21)OCO3. The van der Waals surface area contributed by atoms with Crippen LogP contribution in [-0.4, -0.2) is 75.4 Å². The number of fused-ring (bicyclic) bond motifs is 2. The molecule has 8 heteroatoms. The maximum atomic E-state index is 12.6. The van der Waals surface area contributed by atoms with Crippen LogP contribution in [0.4, 0.5) is 5.69 Å². The number of benzene rings is 1. The van der Waals surface area contributed by atoms with Gasteiger partial charge in [0.1, 0.15) is 0 Å². The van der Waals surface area contributed by atoms with Gasteiger partial charge in [-0.15, -0.1) is 6.58 Å². The van der Waals surface area contributed by atoms with Crippen molar-refractivity contribution in [1.82, 2.24) is 4.90 Å². The number of nitrogens with zero attached hydrogens (tertiary/aromatic N) is 2. The highest BCUT2D eigenvalue weighted by Crippen LogP contribution is 2.39. The third kappa shape index (κ3) is 4.95. The number of methoxy groups -OCH3 is 1. The van der Waals surface area contributed by atoms with Crippen LogP contribution in [0.2, 0.25) is 0 Å². The van der Waals surface area contributed by atoms with Crippen LogP contribution in [0, 0.1) is 0 Å². The summed E-state index contributed by atoms with van der Waals surface area (Å²) in [4.78, 5) is 16.5. The number of hydrogen-bond acceptors (Lipinski definition) is 7. The average Bonchev–Trinajstić information content (AvgIpc) is 3.14. The van der Waals surface area contributed by atoms with Gasteiger partial charge in [0.2, 0.25) is 12.7 Å². The molecule has 2 aliphatic heterocycles. The number of hydrogen-bond donors (Lipinski definition) is 1. The van der Waals surface area contributed by atoms with E-state index >= 15 is 0 Å². The van der Waals surface area contributed by atoms with Gasteiger partial charge in [0.25, 0.3) is 0 Å². The Hall–Kier alpha value is -2.29. The summed E-state index contributed by atoms with van der Waals surface area (Å²) in [5.41, 5.74) is 1.88. The van der Waals surface area contributed by atoms with Crippen molar-refractivity contribution in [3.8, 4) is 11.5 Å². The van der Waals surface area contributed by atoms with Crippen LogP contribution in [0.1, 0.15) is 12.0 Å². The van der Waals surface area contributed by atoms with Crippen molar-refractivity contribution in [3.05, 3.63) is 30.4 Å². The molecule has 1 unspecified atom stereocenters. The molecule has 0 aliphatic carbocycles. The van der Waals surface area contributed by atoms with Crippen molar-refractivity contribution < 1.29 is 28.8 Å². The highest BCUT2D eigenvalue weighted by atomic mass is 16.7. The second-order valence-corrected chi connectivity index (χ2v) is 6.82. The lowest BCUT2D eigenvalue weighted by atomic mass is 10.1. The Morgan fingerprint density at radius 3 is 2.86 bits per heavy atom. The Morgan fingerprint density at radius 2 is 2.11 bits per heavy atom. The molecule has 1 aromatic carbocycles. The van der Waals surface area contributed by atoms with Crippen LogP contribution < -0.4 is 14.4 Å². The molecule has 154 valence electrons. The Bertz CT molecular complexity index is 696. The molecule has 1 amide bonds. The molecule has 1 atom stereocenters. The molecule has 0 aromatic heterocycles. The predicted molar refractivity (Wildman–Crippen MR) is 104 cm³/mol. The number of amides is 1. The summed E-state index contributed by atoms with van der Waals surface area (Å²) in [6, 6.07) is 3.85. The van der Waals surface area contributed by atoms with E-state index in [1.807, 2.05) is 17.0 Å². The number of rotatable bonds is 9. The first-order valence-electron chi connectivity index (χ1n) is 9.43. The lowest BCUT2D eigenvalue weighted by Crippen LogP contribution is -2.42. The van der Waals surface area contributed by atoms with E-state index in [2.05, 4.69) is 6.58 Å². The largest absolute Gasteiger partial charge is 0.454 e. The van der Waals surface area contributed by atoms with E-state index in [9.17, 15) is 9.90 Å². The zero-order chi connectivity index (χ0) is 19.9. The second kappa shape index (κ2) is 9.77. The van der Waals surface area contributed by atoms with Gasteiger partial charge in [-0.25, -0.2) is 0 Å². The normalized spacial score (nSPS) is 17.1. The van der Waals surface area contributed by atoms with Crippen LogP contribution in [0.5, 0.6) is 11.5 Å². The Balaban J connectivity index is 1.83. The summed E-state index contributed by atoms with van der Waals surface area (Å²) in [5.74, 6) is 1.41. The molecule has 1 N–H and O–H groups in total. The molecule has 28 heavy (non-hydrogen) atoms. The zero-order valence-electron chi connectivity index (χ0n) is 16.3. The number of ether oxygens (including phenoxy) is 4. The molecule has 0 spiro atoms. The molecule has 2 heterocycles. The maximum Gasteiger partial charge on any atom is 0.231 e. The molecule has 2 aliphatic rings. The van der Waals surface area contributed by atoms with Crippen LogP contribution >= 0.6 is 0 Å². The second-order valence-electron chi connectivity index (χ2n) is 6.82. The van der Waals surface area contributed by atoms with Gasteiger partial charge in [0, 0.05) is 51.5 Å². The van der Waals surface area contributed by atoms with Crippen molar-refractivity contribution in [2.24, 2.45) is 0 Å². The molecule has 0 saturated heterocycles. The van der Waals surface area contributed by atoms with Crippen LogP contribution in [0.15, 0.2) is 24.8 Å². The standard InChI is InChI=1S/C20H28N2O6/c1-3-7-26-13-16(23)12-21-5-4-20(24)22(6-8-25-2)11-15-9-18-19(10-17(15)21)28-14-27-18/h3,9-10,16,23H,1,4-8,11-14H2,2H3. The topological polar surface area (TPSA) is 80.7 Å². The molecule has 1 aromatic rings. The van der Waals surface area contributed by atoms with Crippen LogP contribution in [0.25, 0.3) is 0 Å². The van der Waals surface area contributed by atoms with E-state index < -0.39 is 6.10 Å². The predicted octanol–water partition coefficient (Wildman–Crippen LogP) is 1.16. The van der Waals surface area contributed by atoms with Crippen LogP contribution in [-0.2, 0) is 20.8 Å². The lowest BCUT2D eigenvalue weighted by molar-refractivity contribution is -0.132. The van der Waals surface area contributed by atoms with Crippen molar-refractivity contribution in [2.75, 3.05) is 58.3 Å². The van der Waals surface area contributed by atoms with Crippen molar-refractivity contribution in [3.63, 3.8) is 0 Å². The van der Waals surface area contributed by atoms with Gasteiger partial charge < -0.3 is 33.9 Å². The minimum absolute atomic E-state index is 0.0581. The fourth-order valence-corrected chi connectivity index (χ4v) is 3.39. The molecule has 0 fully saturated rings. The number of aliphatic hydroxyl groups is 1. The first-order valence-corrected chi connectivity index (χ1v) is 9.43. The van der Waals surface area contributed by atoms with E-state index in [-0.39, 0.29) is 19.3 Å². The highest BCUT2D eigenvalue weighted by Gasteiger charge is 2.27. The van der Waals surface area contributed by atoms with Crippen LogP contribution in [0.3, 0.4) is 0 Å². The van der Waals surface area contributed by atoms with E-state index in [4.69, 9.17) is 18.9 Å². The van der Waals surface area contributed by atoms with Gasteiger partial charge in [0.15, 0.2) is 11.5 Å². The number of β-amino-alcohol motifs (C(OH)–C–C–N with tert-alkyl or cyclic N) is 1. The summed E-state index contributed by atoms with van der Waals surface area (Å²) >= 11 is 0. The van der Waals surface area contributed by atoms with Crippen molar-refractivity contribution in [1.29, 1.82) is 0 Å². The lowest BCUT2D eigenvalue weighted by Gasteiger charge is -2.34. The Kier molecular flexibility index (Phi) is 7.13. The highest BCUT2D eigenvalue weighted by molar-refractivity contribution is 5.78. The molecule has 0 radical (unpaired) electrons. The molecule has 3 rings (SSSR count). The molecular weight excluding hydrogens is 364 g/mol. The Morgan fingerprint density at radius 1 is 1.32 bits per heavy atom. The summed E-state index contributed by atoms with van der Waals surface area (Å²) in [6.07, 6.45) is 1.32. The van der Waals surface area contributed by atoms with E-state index in [0.29, 0.717) is 57.3 Å². The van der Waals surface area contributed by atoms with E-state index in [1.54, 1.807) is 18.1 Å². The number of carbonyl (C=O) groups is 1. The van der Waals surface area contributed by atoms with Gasteiger partial charge in [-0.05, 0) is 11.6 Å². The summed E-state index contributed by atoms with van der Waals surface area (Å²) < 4.78 is 21.6. The molecule has 0 bridgehead atoms. The smallest absolute Gasteiger partial charge is 0.231 e. The molecule has 0 saturated carbocycles. The van der Waals surface area contributed by atoms with Gasteiger partial charge >= 0.3 is 0 Å². The summed E-state index contributed by atoms with van der Waals surface area (Å²) in [5, 5.41) is 10.4. The fraction of sp³-hybridized carbons (Fsp3) is 0.550. The number of carbonyl (C=O) groups excluding carboxylic acids is 1. The maximum absolute atomic E-state index is 12.6. The third-order valence-electron chi connectivity index (χ3n) is 4.77. The first-order chi connectivity index (χ1) is 13.6. The molecular formula is C20H28N2O6. The number of anilines is 1.